The molecule has 1 aromatic carbocycles. The second-order valence-corrected chi connectivity index (χ2v) is 3.26. The molecule has 0 heterocycles. The number of amides is 1. The number of hydrogen-bond donors (Lipinski definition) is 3. The highest BCUT2D eigenvalue weighted by molar-refractivity contribution is 6.41. The van der Waals surface area contributed by atoms with Crippen LogP contribution in [-0.4, -0.2) is 29.8 Å². The highest BCUT2D eigenvalue weighted by Crippen LogP contribution is 2.00. The Labute approximate surface area is 94.2 Å². The van der Waals surface area contributed by atoms with E-state index in [1.54, 1.807) is 0 Å². The first-order chi connectivity index (χ1) is 7.68. The first-order valence-electron chi connectivity index (χ1n) is 4.99. The number of rotatable bonds is 5. The van der Waals surface area contributed by atoms with Gasteiger partial charge in [0, 0.05) is 6.54 Å². The molecule has 0 fully saturated rings. The molecule has 0 radical (unpaired) electrons. The lowest BCUT2D eigenvalue weighted by atomic mass is 9.87. The molecule has 0 unspecified atom stereocenters. The molecule has 0 aliphatic rings. The summed E-state index contributed by atoms with van der Waals surface area (Å²) in [4.78, 5) is 11.1. The van der Waals surface area contributed by atoms with Crippen LogP contribution in [0.15, 0.2) is 30.3 Å². The van der Waals surface area contributed by atoms with Crippen LogP contribution in [0.5, 0.6) is 0 Å². The van der Waals surface area contributed by atoms with E-state index in [-0.39, 0.29) is 19.5 Å². The van der Waals surface area contributed by atoms with Crippen molar-refractivity contribution in [1.82, 2.24) is 5.32 Å². The summed E-state index contributed by atoms with van der Waals surface area (Å²) in [5, 5.41) is 19.5. The van der Waals surface area contributed by atoms with Crippen LogP contribution >= 0.6 is 0 Å². The van der Waals surface area contributed by atoms with Crippen molar-refractivity contribution in [2.75, 3.05) is 6.54 Å². The van der Waals surface area contributed by atoms with Crippen molar-refractivity contribution in [3.8, 4) is 0 Å². The molecule has 3 N–H and O–H groups in total. The van der Waals surface area contributed by atoms with Crippen LogP contribution in [0.3, 0.4) is 0 Å². The zero-order valence-corrected chi connectivity index (χ0v) is 8.80. The number of alkyl carbamates (subject to hydrolysis) is 1. The predicted molar refractivity (Wildman–Crippen MR) is 59.6 cm³/mol. The molecule has 0 aliphatic heterocycles. The van der Waals surface area contributed by atoms with E-state index in [0.29, 0.717) is 0 Å². The lowest BCUT2D eigenvalue weighted by Crippen LogP contribution is -2.28. The van der Waals surface area contributed by atoms with Gasteiger partial charge in [0.1, 0.15) is 6.61 Å². The summed E-state index contributed by atoms with van der Waals surface area (Å²) >= 11 is 0. The van der Waals surface area contributed by atoms with E-state index in [4.69, 9.17) is 14.8 Å². The van der Waals surface area contributed by atoms with Crippen LogP contribution in [0.2, 0.25) is 6.32 Å². The molecule has 5 nitrogen and oxygen atoms in total. The van der Waals surface area contributed by atoms with Gasteiger partial charge in [0.2, 0.25) is 0 Å². The molecular formula is C10H14BNO4. The van der Waals surface area contributed by atoms with Crippen LogP contribution in [-0.2, 0) is 11.3 Å². The van der Waals surface area contributed by atoms with Gasteiger partial charge in [-0.05, 0) is 11.9 Å². The molecule has 1 amide bonds. The maximum Gasteiger partial charge on any atom is 0.453 e. The van der Waals surface area contributed by atoms with Crippen LogP contribution in [0.1, 0.15) is 5.56 Å². The molecule has 0 saturated carbocycles. The van der Waals surface area contributed by atoms with E-state index in [0.717, 1.165) is 5.56 Å². The second kappa shape index (κ2) is 6.87. The quantitative estimate of drug-likeness (QED) is 0.630. The van der Waals surface area contributed by atoms with Crippen LogP contribution in [0, 0.1) is 0 Å². The van der Waals surface area contributed by atoms with Crippen molar-refractivity contribution in [2.45, 2.75) is 12.9 Å². The number of benzene rings is 1. The first kappa shape index (κ1) is 12.5. The van der Waals surface area contributed by atoms with E-state index in [9.17, 15) is 4.79 Å². The maximum absolute atomic E-state index is 11.1. The Morgan fingerprint density at radius 1 is 1.31 bits per heavy atom. The fourth-order valence-electron chi connectivity index (χ4n) is 1.08. The molecule has 0 atom stereocenters. The topological polar surface area (TPSA) is 78.8 Å². The minimum absolute atomic E-state index is 0.0838. The van der Waals surface area contributed by atoms with Crippen molar-refractivity contribution < 1.29 is 19.6 Å². The fraction of sp³-hybridized carbons (Fsp3) is 0.300. The van der Waals surface area contributed by atoms with Gasteiger partial charge in [-0.25, -0.2) is 4.79 Å². The van der Waals surface area contributed by atoms with Gasteiger partial charge >= 0.3 is 13.2 Å². The van der Waals surface area contributed by atoms with Gasteiger partial charge in [-0.1, -0.05) is 30.3 Å². The third kappa shape index (κ3) is 5.38. The summed E-state index contributed by atoms with van der Waals surface area (Å²) in [5.74, 6) is 0. The van der Waals surface area contributed by atoms with E-state index in [2.05, 4.69) is 5.32 Å². The average molecular weight is 223 g/mol. The van der Waals surface area contributed by atoms with Gasteiger partial charge in [-0.3, -0.25) is 0 Å². The first-order valence-corrected chi connectivity index (χ1v) is 4.99. The lowest BCUT2D eigenvalue weighted by molar-refractivity contribution is 0.140. The Balaban J connectivity index is 2.16. The largest absolute Gasteiger partial charge is 0.453 e. The minimum Gasteiger partial charge on any atom is -0.445 e. The molecule has 0 spiro atoms. The summed E-state index contributed by atoms with van der Waals surface area (Å²) in [5.41, 5.74) is 0.903. The zero-order chi connectivity index (χ0) is 11.8. The summed E-state index contributed by atoms with van der Waals surface area (Å²) in [6.07, 6.45) is -0.482. The highest BCUT2D eigenvalue weighted by Gasteiger charge is 2.07. The molecule has 1 aromatic rings. The van der Waals surface area contributed by atoms with Crippen LogP contribution in [0.4, 0.5) is 4.79 Å². The molecule has 86 valence electrons. The Morgan fingerprint density at radius 3 is 2.62 bits per heavy atom. The third-order valence-corrected chi connectivity index (χ3v) is 1.88. The van der Waals surface area contributed by atoms with E-state index >= 15 is 0 Å². The number of ether oxygens (including phenoxy) is 1. The molecule has 0 aromatic heterocycles. The smallest absolute Gasteiger partial charge is 0.445 e. The average Bonchev–Trinajstić information content (AvgIpc) is 2.27. The van der Waals surface area contributed by atoms with Gasteiger partial charge in [-0.15, -0.1) is 0 Å². The summed E-state index contributed by atoms with van der Waals surface area (Å²) in [7, 11) is -1.41. The van der Waals surface area contributed by atoms with Crippen molar-refractivity contribution in [3.05, 3.63) is 35.9 Å². The summed E-state index contributed by atoms with van der Waals surface area (Å²) < 4.78 is 4.90. The van der Waals surface area contributed by atoms with Gasteiger partial charge in [0.15, 0.2) is 0 Å². The Hall–Kier alpha value is -1.53. The number of carbonyl (C=O) groups is 1. The number of carbonyl (C=O) groups excluding carboxylic acids is 1. The summed E-state index contributed by atoms with van der Waals surface area (Å²) in [6, 6.07) is 9.30. The fourth-order valence-corrected chi connectivity index (χ4v) is 1.08. The van der Waals surface area contributed by atoms with Crippen molar-refractivity contribution >= 4 is 13.2 Å². The standard InChI is InChI=1S/C10H14BNO4/c13-10(12-7-6-11(14)15)16-8-9-4-2-1-3-5-9/h1-5,14-15H,6-8H2,(H,12,13). The Morgan fingerprint density at radius 2 is 2.00 bits per heavy atom. The van der Waals surface area contributed by atoms with E-state index in [1.165, 1.54) is 0 Å². The van der Waals surface area contributed by atoms with Gasteiger partial charge in [0.05, 0.1) is 0 Å². The molecule has 0 saturated heterocycles. The van der Waals surface area contributed by atoms with Crippen LogP contribution < -0.4 is 5.32 Å². The summed E-state index contributed by atoms with van der Waals surface area (Å²) in [6.45, 7) is 0.375. The predicted octanol–water partition coefficient (Wildman–Crippen LogP) is 0.386. The Kier molecular flexibility index (Phi) is 5.38. The van der Waals surface area contributed by atoms with Gasteiger partial charge in [-0.2, -0.15) is 0 Å². The molecular weight excluding hydrogens is 209 g/mol. The number of nitrogens with one attached hydrogen (secondary N) is 1. The second-order valence-electron chi connectivity index (χ2n) is 3.26. The zero-order valence-electron chi connectivity index (χ0n) is 8.80. The SMILES string of the molecule is O=C(NCCB(O)O)OCc1ccccc1. The van der Waals surface area contributed by atoms with Crippen molar-refractivity contribution in [1.29, 1.82) is 0 Å². The molecule has 16 heavy (non-hydrogen) atoms. The van der Waals surface area contributed by atoms with E-state index < -0.39 is 13.2 Å². The molecule has 6 heteroatoms. The van der Waals surface area contributed by atoms with Gasteiger partial charge < -0.3 is 20.1 Å². The lowest BCUT2D eigenvalue weighted by Gasteiger charge is -2.06. The highest BCUT2D eigenvalue weighted by atomic mass is 16.5. The molecule has 0 aliphatic carbocycles. The molecule has 1 rings (SSSR count). The maximum atomic E-state index is 11.1. The monoisotopic (exact) mass is 223 g/mol. The van der Waals surface area contributed by atoms with Gasteiger partial charge in [0.25, 0.3) is 0 Å². The Bertz CT molecular complexity index is 318. The third-order valence-electron chi connectivity index (χ3n) is 1.88. The minimum atomic E-state index is -1.41. The van der Waals surface area contributed by atoms with E-state index in [1.807, 2.05) is 30.3 Å². The number of hydrogen-bond acceptors (Lipinski definition) is 4. The van der Waals surface area contributed by atoms with Crippen molar-refractivity contribution in [2.24, 2.45) is 0 Å². The van der Waals surface area contributed by atoms with Crippen molar-refractivity contribution in [3.63, 3.8) is 0 Å². The molecule has 0 bridgehead atoms. The normalized spacial score (nSPS) is 9.62. The van der Waals surface area contributed by atoms with Crippen LogP contribution in [0.25, 0.3) is 0 Å².